The lowest BCUT2D eigenvalue weighted by atomic mass is 10.1. The van der Waals surface area contributed by atoms with E-state index in [0.717, 1.165) is 0 Å². The lowest BCUT2D eigenvalue weighted by Gasteiger charge is -2.15. The van der Waals surface area contributed by atoms with Crippen molar-refractivity contribution in [2.45, 2.75) is 31.5 Å². The summed E-state index contributed by atoms with van der Waals surface area (Å²) in [5, 5.41) is 3.64. The van der Waals surface area contributed by atoms with E-state index >= 15 is 0 Å². The summed E-state index contributed by atoms with van der Waals surface area (Å²) in [7, 11) is -3.59. The number of rotatable bonds is 6. The van der Waals surface area contributed by atoms with Crippen molar-refractivity contribution in [3.63, 3.8) is 0 Å². The largest absolute Gasteiger partial charge is 0.435 e. The van der Waals surface area contributed by atoms with Gasteiger partial charge in [-0.05, 0) is 5.56 Å². The Morgan fingerprint density at radius 3 is 2.65 bits per heavy atom. The van der Waals surface area contributed by atoms with Crippen molar-refractivity contribution >= 4 is 10.0 Å². The molecule has 3 rings (SSSR count). The van der Waals surface area contributed by atoms with Crippen LogP contribution in [0.1, 0.15) is 22.5 Å². The topological polar surface area (TPSA) is 73.2 Å². The maximum absolute atomic E-state index is 13.1. The van der Waals surface area contributed by atoms with Crippen LogP contribution >= 0.6 is 0 Å². The molecule has 10 heteroatoms. The van der Waals surface area contributed by atoms with E-state index in [1.807, 2.05) is 0 Å². The van der Waals surface area contributed by atoms with Gasteiger partial charge in [-0.2, -0.15) is 18.3 Å². The second-order valence-corrected chi connectivity index (χ2v) is 7.74. The zero-order valence-electron chi connectivity index (χ0n) is 13.8. The van der Waals surface area contributed by atoms with Crippen molar-refractivity contribution in [1.82, 2.24) is 14.5 Å². The van der Waals surface area contributed by atoms with Gasteiger partial charge in [0.15, 0.2) is 5.69 Å². The first kappa shape index (κ1) is 18.9. The van der Waals surface area contributed by atoms with Crippen molar-refractivity contribution in [2.75, 3.05) is 13.2 Å². The zero-order chi connectivity index (χ0) is 18.8. The fraction of sp³-hybridized carbons (Fsp3) is 0.438. The Balaban J connectivity index is 1.67. The van der Waals surface area contributed by atoms with E-state index in [2.05, 4.69) is 9.82 Å². The van der Waals surface area contributed by atoms with Gasteiger partial charge < -0.3 is 4.74 Å². The van der Waals surface area contributed by atoms with Gasteiger partial charge in [0.1, 0.15) is 0 Å². The Hall–Kier alpha value is -1.91. The summed E-state index contributed by atoms with van der Waals surface area (Å²) >= 11 is 0. The highest BCUT2D eigenvalue weighted by atomic mass is 32.2. The summed E-state index contributed by atoms with van der Waals surface area (Å²) < 4.78 is 72.2. The van der Waals surface area contributed by atoms with Crippen molar-refractivity contribution in [2.24, 2.45) is 0 Å². The zero-order valence-corrected chi connectivity index (χ0v) is 14.6. The number of nitrogens with zero attached hydrogens (tertiary/aromatic N) is 2. The predicted molar refractivity (Wildman–Crippen MR) is 87.7 cm³/mol. The Morgan fingerprint density at radius 1 is 1.23 bits per heavy atom. The number of fused-ring (bicyclic) bond motifs is 1. The van der Waals surface area contributed by atoms with E-state index in [1.165, 1.54) is 4.68 Å². The molecule has 6 nitrogen and oxygen atoms in total. The average Bonchev–Trinajstić information content (AvgIpc) is 2.94. The van der Waals surface area contributed by atoms with E-state index in [-0.39, 0.29) is 31.0 Å². The maximum Gasteiger partial charge on any atom is 0.435 e. The van der Waals surface area contributed by atoms with E-state index in [1.54, 1.807) is 30.3 Å². The summed E-state index contributed by atoms with van der Waals surface area (Å²) in [5.74, 6) is -0.188. The Morgan fingerprint density at radius 2 is 1.96 bits per heavy atom. The molecule has 1 N–H and O–H groups in total. The summed E-state index contributed by atoms with van der Waals surface area (Å²) in [5.41, 5.74) is 0.161. The van der Waals surface area contributed by atoms with Crippen molar-refractivity contribution in [3.05, 3.63) is 52.8 Å². The van der Waals surface area contributed by atoms with Gasteiger partial charge >= 0.3 is 6.18 Å². The summed E-state index contributed by atoms with van der Waals surface area (Å²) in [6.07, 6.45) is -4.25. The molecule has 0 bridgehead atoms. The van der Waals surface area contributed by atoms with Crippen LogP contribution in [0.5, 0.6) is 0 Å². The van der Waals surface area contributed by atoms with E-state index in [4.69, 9.17) is 4.74 Å². The van der Waals surface area contributed by atoms with Gasteiger partial charge in [0.05, 0.1) is 25.5 Å². The van der Waals surface area contributed by atoms with Crippen molar-refractivity contribution in [1.29, 1.82) is 0 Å². The van der Waals surface area contributed by atoms with Gasteiger partial charge in [-0.15, -0.1) is 0 Å². The van der Waals surface area contributed by atoms with Crippen molar-refractivity contribution < 1.29 is 26.3 Å². The summed E-state index contributed by atoms with van der Waals surface area (Å²) in [4.78, 5) is 0. The van der Waals surface area contributed by atoms with Crippen molar-refractivity contribution in [3.8, 4) is 0 Å². The number of hydrogen-bond donors (Lipinski definition) is 1. The normalized spacial score (nSPS) is 15.0. The third-order valence-electron chi connectivity index (χ3n) is 4.01. The molecular formula is C16H18F3N3O3S. The lowest BCUT2D eigenvalue weighted by molar-refractivity contribution is -0.142. The molecule has 0 saturated heterocycles. The third kappa shape index (κ3) is 4.43. The number of benzene rings is 1. The SMILES string of the molecule is O=S(=O)(Cc1ccccc1)NCCn1nc(C(F)(F)F)c2c1CCOC2. The van der Waals surface area contributed by atoms with Crippen LogP contribution in [0.4, 0.5) is 13.2 Å². The van der Waals surface area contributed by atoms with Crippen LogP contribution in [-0.4, -0.2) is 31.3 Å². The van der Waals surface area contributed by atoms with Gasteiger partial charge in [0.2, 0.25) is 10.0 Å². The smallest absolute Gasteiger partial charge is 0.376 e. The molecule has 0 spiro atoms. The van der Waals surface area contributed by atoms with Crippen LogP contribution in [0.3, 0.4) is 0 Å². The molecule has 0 fully saturated rings. The van der Waals surface area contributed by atoms with Gasteiger partial charge in [-0.1, -0.05) is 30.3 Å². The van der Waals surface area contributed by atoms with Crippen LogP contribution in [0.15, 0.2) is 30.3 Å². The number of alkyl halides is 3. The number of sulfonamides is 1. The Kier molecular flexibility index (Phi) is 5.35. The van der Waals surface area contributed by atoms with Crippen LogP contribution in [0.25, 0.3) is 0 Å². The first-order chi connectivity index (χ1) is 12.3. The van der Waals surface area contributed by atoms with Gasteiger partial charge in [-0.25, -0.2) is 13.1 Å². The first-order valence-electron chi connectivity index (χ1n) is 8.01. The molecular weight excluding hydrogens is 371 g/mol. The quantitative estimate of drug-likeness (QED) is 0.821. The van der Waals surface area contributed by atoms with E-state index in [0.29, 0.717) is 24.3 Å². The molecule has 1 aromatic carbocycles. The molecule has 0 amide bonds. The van der Waals surface area contributed by atoms with E-state index < -0.39 is 21.9 Å². The summed E-state index contributed by atoms with van der Waals surface area (Å²) in [6, 6.07) is 8.65. The Bertz CT molecular complexity index is 864. The van der Waals surface area contributed by atoms with E-state index in [9.17, 15) is 21.6 Å². The van der Waals surface area contributed by atoms with Crippen LogP contribution in [0, 0.1) is 0 Å². The van der Waals surface area contributed by atoms with Gasteiger partial charge in [0.25, 0.3) is 0 Å². The minimum atomic E-state index is -4.57. The highest BCUT2D eigenvalue weighted by molar-refractivity contribution is 7.88. The molecule has 26 heavy (non-hydrogen) atoms. The number of nitrogens with one attached hydrogen (secondary N) is 1. The fourth-order valence-electron chi connectivity index (χ4n) is 2.87. The highest BCUT2D eigenvalue weighted by Crippen LogP contribution is 2.34. The fourth-order valence-corrected chi connectivity index (χ4v) is 4.01. The molecule has 0 aliphatic carbocycles. The van der Waals surface area contributed by atoms with Crippen LogP contribution < -0.4 is 4.72 Å². The molecule has 142 valence electrons. The summed E-state index contributed by atoms with van der Waals surface area (Å²) in [6.45, 7) is 0.160. The van der Waals surface area contributed by atoms with Crippen LogP contribution in [0.2, 0.25) is 0 Å². The highest BCUT2D eigenvalue weighted by Gasteiger charge is 2.39. The molecule has 0 atom stereocenters. The molecule has 2 heterocycles. The molecule has 0 saturated carbocycles. The standard InChI is InChI=1S/C16H18F3N3O3S/c17-16(18,19)15-13-10-25-9-6-14(13)22(21-15)8-7-20-26(23,24)11-12-4-2-1-3-5-12/h1-5,20H,6-11H2. The average molecular weight is 389 g/mol. The molecule has 0 unspecified atom stereocenters. The predicted octanol–water partition coefficient (Wildman–Crippen LogP) is 2.09. The monoisotopic (exact) mass is 389 g/mol. The number of hydrogen-bond acceptors (Lipinski definition) is 4. The maximum atomic E-state index is 13.1. The molecule has 1 aromatic heterocycles. The molecule has 2 aromatic rings. The number of halogens is 3. The number of ether oxygens (including phenoxy) is 1. The van der Waals surface area contributed by atoms with Gasteiger partial charge in [-0.3, -0.25) is 4.68 Å². The Labute approximate surface area is 149 Å². The molecule has 0 radical (unpaired) electrons. The minimum Gasteiger partial charge on any atom is -0.376 e. The third-order valence-corrected chi connectivity index (χ3v) is 5.37. The second kappa shape index (κ2) is 7.37. The minimum absolute atomic E-state index is 0.0203. The van der Waals surface area contributed by atoms with Gasteiger partial charge in [0, 0.05) is 24.2 Å². The molecule has 1 aliphatic rings. The van der Waals surface area contributed by atoms with Crippen LogP contribution in [-0.2, 0) is 46.3 Å². The number of aromatic nitrogens is 2. The first-order valence-corrected chi connectivity index (χ1v) is 9.66. The lowest BCUT2D eigenvalue weighted by Crippen LogP contribution is -2.29. The molecule has 1 aliphatic heterocycles. The second-order valence-electron chi connectivity index (χ2n) is 5.94.